The van der Waals surface area contributed by atoms with E-state index in [0.717, 1.165) is 29.7 Å². The molecule has 3 atom stereocenters. The normalized spacial score (nSPS) is 29.2. The van der Waals surface area contributed by atoms with Crippen molar-refractivity contribution >= 4 is 29.1 Å². The highest BCUT2D eigenvalue weighted by Gasteiger charge is 2.53. The molecule has 3 nitrogen and oxygen atoms in total. The van der Waals surface area contributed by atoms with Gasteiger partial charge in [-0.25, -0.2) is 4.39 Å². The Hall–Kier alpha value is -1.10. The first-order valence-corrected chi connectivity index (χ1v) is 9.41. The third-order valence-electron chi connectivity index (χ3n) is 5.48. The zero-order chi connectivity index (χ0) is 18.2. The molecule has 0 radical (unpaired) electrons. The van der Waals surface area contributed by atoms with Crippen molar-refractivity contribution in [2.45, 2.75) is 50.9 Å². The lowest BCUT2D eigenvalue weighted by Gasteiger charge is -2.45. The minimum absolute atomic E-state index is 0.112. The largest absolute Gasteiger partial charge is 0.349 e. The summed E-state index contributed by atoms with van der Waals surface area (Å²) in [6, 6.07) is 3.31. The third kappa shape index (κ3) is 3.57. The first-order chi connectivity index (χ1) is 11.8. The van der Waals surface area contributed by atoms with E-state index in [-0.39, 0.29) is 24.9 Å². The summed E-state index contributed by atoms with van der Waals surface area (Å²) in [5, 5.41) is 7.11. The van der Waals surface area contributed by atoms with E-state index in [2.05, 4.69) is 17.2 Å². The van der Waals surface area contributed by atoms with Gasteiger partial charge in [0.25, 0.3) is 5.91 Å². The molecule has 136 valence electrons. The van der Waals surface area contributed by atoms with Crippen molar-refractivity contribution in [3.8, 4) is 0 Å². The molecule has 2 N–H and O–H groups in total. The molecule has 1 aliphatic carbocycles. The van der Waals surface area contributed by atoms with Crippen molar-refractivity contribution in [3.63, 3.8) is 0 Å². The summed E-state index contributed by atoms with van der Waals surface area (Å²) >= 11 is 12.2. The van der Waals surface area contributed by atoms with Crippen LogP contribution in [-0.4, -0.2) is 24.2 Å². The molecule has 1 saturated heterocycles. The molecule has 1 saturated carbocycles. The van der Waals surface area contributed by atoms with Crippen molar-refractivity contribution in [3.05, 3.63) is 45.5 Å². The van der Waals surface area contributed by atoms with Gasteiger partial charge in [0.15, 0.2) is 5.67 Å². The number of piperidine rings is 1. The molecule has 3 unspecified atom stereocenters. The van der Waals surface area contributed by atoms with Gasteiger partial charge in [0.1, 0.15) is 0 Å². The molecule has 1 heterocycles. The van der Waals surface area contributed by atoms with Crippen LogP contribution < -0.4 is 10.6 Å². The van der Waals surface area contributed by atoms with Crippen LogP contribution in [-0.2, 0) is 11.3 Å². The van der Waals surface area contributed by atoms with Crippen LogP contribution in [0.2, 0.25) is 10.0 Å². The maximum absolute atomic E-state index is 15.7. The fourth-order valence-corrected chi connectivity index (χ4v) is 4.71. The lowest BCUT2D eigenvalue weighted by molar-refractivity contribution is -0.140. The minimum atomic E-state index is -1.87. The van der Waals surface area contributed by atoms with E-state index in [9.17, 15) is 4.79 Å². The Kier molecular flexibility index (Phi) is 5.42. The summed E-state index contributed by atoms with van der Waals surface area (Å²) in [7, 11) is 0. The summed E-state index contributed by atoms with van der Waals surface area (Å²) in [5.41, 5.74) is 0.773. The lowest BCUT2D eigenvalue weighted by atomic mass is 9.68. The summed E-state index contributed by atoms with van der Waals surface area (Å²) in [5.74, 6) is -0.909. The fourth-order valence-electron chi connectivity index (χ4n) is 4.05. The summed E-state index contributed by atoms with van der Waals surface area (Å²) in [6.45, 7) is 6.97. The van der Waals surface area contributed by atoms with E-state index in [1.54, 1.807) is 12.1 Å². The van der Waals surface area contributed by atoms with E-state index in [0.29, 0.717) is 22.9 Å². The first-order valence-electron chi connectivity index (χ1n) is 8.65. The molecule has 1 aromatic carbocycles. The third-order valence-corrected chi connectivity index (χ3v) is 6.04. The SMILES string of the molecule is C=C1CCC(F)(C(=O)NCc2c(C)cc(Cl)cc2Cl)C2CCCNC12. The smallest absolute Gasteiger partial charge is 0.258 e. The number of rotatable bonds is 3. The molecule has 1 aromatic rings. The van der Waals surface area contributed by atoms with Gasteiger partial charge in [0.2, 0.25) is 0 Å². The predicted octanol–water partition coefficient (Wildman–Crippen LogP) is 4.34. The zero-order valence-corrected chi connectivity index (χ0v) is 15.8. The Morgan fingerprint density at radius 2 is 2.24 bits per heavy atom. The second kappa shape index (κ2) is 7.26. The van der Waals surface area contributed by atoms with Crippen LogP contribution >= 0.6 is 23.2 Å². The Morgan fingerprint density at radius 1 is 1.48 bits per heavy atom. The van der Waals surface area contributed by atoms with Gasteiger partial charge in [0.05, 0.1) is 0 Å². The van der Waals surface area contributed by atoms with Gasteiger partial charge in [-0.05, 0) is 62.4 Å². The van der Waals surface area contributed by atoms with Crippen molar-refractivity contribution in [1.82, 2.24) is 10.6 Å². The molecule has 1 aliphatic heterocycles. The number of carbonyl (C=O) groups excluding carboxylic acids is 1. The monoisotopic (exact) mass is 384 g/mol. The van der Waals surface area contributed by atoms with Crippen molar-refractivity contribution in [2.75, 3.05) is 6.54 Å². The zero-order valence-electron chi connectivity index (χ0n) is 14.3. The molecule has 0 aromatic heterocycles. The number of alkyl halides is 1. The van der Waals surface area contributed by atoms with Crippen LogP contribution in [0.1, 0.15) is 36.8 Å². The molecule has 2 aliphatic rings. The van der Waals surface area contributed by atoms with Gasteiger partial charge in [0, 0.05) is 28.5 Å². The summed E-state index contributed by atoms with van der Waals surface area (Å²) < 4.78 is 15.7. The fraction of sp³-hybridized carbons (Fsp3) is 0.526. The number of hydrogen-bond donors (Lipinski definition) is 2. The molecule has 1 amide bonds. The maximum atomic E-state index is 15.7. The number of nitrogens with one attached hydrogen (secondary N) is 2. The number of fused-ring (bicyclic) bond motifs is 1. The molecule has 6 heteroatoms. The highest BCUT2D eigenvalue weighted by molar-refractivity contribution is 6.35. The van der Waals surface area contributed by atoms with Crippen LogP contribution in [0.3, 0.4) is 0 Å². The number of halogens is 3. The van der Waals surface area contributed by atoms with Gasteiger partial charge in [-0.2, -0.15) is 0 Å². The average molecular weight is 385 g/mol. The molecule has 25 heavy (non-hydrogen) atoms. The first kappa shape index (κ1) is 18.7. The Bertz CT molecular complexity index is 686. The standard InChI is InChI=1S/C19H23Cl2FN2O/c1-11-5-6-19(22,15-4-3-7-23-17(11)15)18(25)24-10-14-12(2)8-13(20)9-16(14)21/h8-9,15,17,23H,1,3-7,10H2,2H3,(H,24,25). The van der Waals surface area contributed by atoms with Crippen LogP contribution in [0.25, 0.3) is 0 Å². The average Bonchev–Trinajstić information content (AvgIpc) is 2.57. The van der Waals surface area contributed by atoms with E-state index in [1.165, 1.54) is 0 Å². The molecule has 0 bridgehead atoms. The van der Waals surface area contributed by atoms with Crippen molar-refractivity contribution in [1.29, 1.82) is 0 Å². The van der Waals surface area contributed by atoms with Crippen molar-refractivity contribution < 1.29 is 9.18 Å². The number of aryl methyl sites for hydroxylation is 1. The Morgan fingerprint density at radius 3 is 2.96 bits per heavy atom. The number of amides is 1. The van der Waals surface area contributed by atoms with Crippen LogP contribution in [0.15, 0.2) is 24.3 Å². The second-order valence-corrected chi connectivity index (χ2v) is 7.91. The van der Waals surface area contributed by atoms with E-state index >= 15 is 4.39 Å². The minimum Gasteiger partial charge on any atom is -0.349 e. The molecular formula is C19H23Cl2FN2O. The molecule has 2 fully saturated rings. The molecular weight excluding hydrogens is 362 g/mol. The second-order valence-electron chi connectivity index (χ2n) is 7.07. The Balaban J connectivity index is 1.75. The summed E-state index contributed by atoms with van der Waals surface area (Å²) in [4.78, 5) is 12.7. The van der Waals surface area contributed by atoms with Gasteiger partial charge in [-0.1, -0.05) is 35.4 Å². The number of benzene rings is 1. The highest BCUT2D eigenvalue weighted by atomic mass is 35.5. The van der Waals surface area contributed by atoms with E-state index in [4.69, 9.17) is 23.2 Å². The molecule has 0 spiro atoms. The maximum Gasteiger partial charge on any atom is 0.258 e. The topological polar surface area (TPSA) is 41.1 Å². The predicted molar refractivity (Wildman–Crippen MR) is 99.8 cm³/mol. The van der Waals surface area contributed by atoms with Gasteiger partial charge < -0.3 is 10.6 Å². The molecule has 3 rings (SSSR count). The lowest BCUT2D eigenvalue weighted by Crippen LogP contribution is -2.60. The van der Waals surface area contributed by atoms with Crippen LogP contribution in [0.4, 0.5) is 4.39 Å². The van der Waals surface area contributed by atoms with Gasteiger partial charge >= 0.3 is 0 Å². The van der Waals surface area contributed by atoms with Crippen LogP contribution in [0.5, 0.6) is 0 Å². The Labute approximate surface area is 158 Å². The van der Waals surface area contributed by atoms with Crippen molar-refractivity contribution in [2.24, 2.45) is 5.92 Å². The quantitative estimate of drug-likeness (QED) is 0.760. The summed E-state index contributed by atoms with van der Waals surface area (Å²) in [6.07, 6.45) is 2.28. The number of carbonyl (C=O) groups is 1. The van der Waals surface area contributed by atoms with E-state index in [1.807, 2.05) is 6.92 Å². The van der Waals surface area contributed by atoms with Gasteiger partial charge in [-0.15, -0.1) is 0 Å². The van der Waals surface area contributed by atoms with Gasteiger partial charge in [-0.3, -0.25) is 4.79 Å². The van der Waals surface area contributed by atoms with Crippen LogP contribution in [0, 0.1) is 12.8 Å². The van der Waals surface area contributed by atoms with E-state index < -0.39 is 11.6 Å². The number of hydrogen-bond acceptors (Lipinski definition) is 2. The highest BCUT2D eigenvalue weighted by Crippen LogP contribution is 2.43.